The van der Waals surface area contributed by atoms with E-state index >= 15 is 0 Å². The summed E-state index contributed by atoms with van der Waals surface area (Å²) >= 11 is 3.08. The molecule has 0 saturated heterocycles. The van der Waals surface area contributed by atoms with Crippen LogP contribution in [-0.4, -0.2) is 12.5 Å². The Hall–Kier alpha value is -1.72. The van der Waals surface area contributed by atoms with Crippen LogP contribution < -0.4 is 5.32 Å². The summed E-state index contributed by atoms with van der Waals surface area (Å²) in [6.07, 6.45) is 0.147. The molecule has 0 radical (unpaired) electrons. The van der Waals surface area contributed by atoms with Crippen molar-refractivity contribution in [2.45, 2.75) is 12.5 Å². The van der Waals surface area contributed by atoms with Crippen LogP contribution in [0.25, 0.3) is 0 Å². The standard InChI is InChI=1S/C16H13BrFNO2/c17-13-6-5-11(9-14(13)18)19-16(20)15-12-4-2-1-3-10(12)7-8-21-15/h1-6,9,15H,7-8H2,(H,19,20). The normalized spacial score (nSPS) is 17.1. The van der Waals surface area contributed by atoms with Crippen LogP contribution in [0.1, 0.15) is 17.2 Å². The van der Waals surface area contributed by atoms with Crippen LogP contribution in [0.15, 0.2) is 46.9 Å². The van der Waals surface area contributed by atoms with Crippen LogP contribution >= 0.6 is 15.9 Å². The van der Waals surface area contributed by atoms with Crippen molar-refractivity contribution in [2.24, 2.45) is 0 Å². The molecule has 0 fully saturated rings. The van der Waals surface area contributed by atoms with Crippen LogP contribution in [0, 0.1) is 5.82 Å². The summed E-state index contributed by atoms with van der Waals surface area (Å²) in [4.78, 5) is 12.4. The van der Waals surface area contributed by atoms with E-state index in [9.17, 15) is 9.18 Å². The molecule has 2 aromatic rings. The highest BCUT2D eigenvalue weighted by atomic mass is 79.9. The number of ether oxygens (including phenoxy) is 1. The lowest BCUT2D eigenvalue weighted by molar-refractivity contribution is -0.128. The summed E-state index contributed by atoms with van der Waals surface area (Å²) < 4.78 is 19.4. The van der Waals surface area contributed by atoms with Crippen LogP contribution in [0.2, 0.25) is 0 Å². The number of amides is 1. The maximum Gasteiger partial charge on any atom is 0.258 e. The molecule has 1 amide bonds. The van der Waals surface area contributed by atoms with Gasteiger partial charge in [-0.1, -0.05) is 24.3 Å². The third-order valence-electron chi connectivity index (χ3n) is 3.42. The van der Waals surface area contributed by atoms with Crippen molar-refractivity contribution in [1.82, 2.24) is 0 Å². The van der Waals surface area contributed by atoms with E-state index in [-0.39, 0.29) is 5.91 Å². The lowest BCUT2D eigenvalue weighted by atomic mass is 9.97. The minimum atomic E-state index is -0.651. The lowest BCUT2D eigenvalue weighted by Gasteiger charge is -2.25. The average molecular weight is 350 g/mol. The van der Waals surface area contributed by atoms with Crippen molar-refractivity contribution >= 4 is 27.5 Å². The van der Waals surface area contributed by atoms with E-state index in [2.05, 4.69) is 21.2 Å². The third kappa shape index (κ3) is 2.99. The Balaban J connectivity index is 1.81. The van der Waals surface area contributed by atoms with E-state index in [1.807, 2.05) is 24.3 Å². The first kappa shape index (κ1) is 14.2. The number of hydrogen-bond donors (Lipinski definition) is 1. The molecule has 1 aliphatic rings. The first-order valence-corrected chi connectivity index (χ1v) is 7.40. The lowest BCUT2D eigenvalue weighted by Crippen LogP contribution is -2.28. The van der Waals surface area contributed by atoms with Gasteiger partial charge in [0.1, 0.15) is 5.82 Å². The summed E-state index contributed by atoms with van der Waals surface area (Å²) in [6.45, 7) is 0.504. The quantitative estimate of drug-likeness (QED) is 0.894. The smallest absolute Gasteiger partial charge is 0.258 e. The van der Waals surface area contributed by atoms with Crippen molar-refractivity contribution in [3.8, 4) is 0 Å². The highest BCUT2D eigenvalue weighted by molar-refractivity contribution is 9.10. The first-order valence-electron chi connectivity index (χ1n) is 6.60. The molecule has 0 spiro atoms. The van der Waals surface area contributed by atoms with Crippen molar-refractivity contribution in [1.29, 1.82) is 0 Å². The topological polar surface area (TPSA) is 38.3 Å². The summed E-state index contributed by atoms with van der Waals surface area (Å²) in [6, 6.07) is 12.2. The second-order valence-electron chi connectivity index (χ2n) is 4.82. The fourth-order valence-corrected chi connectivity index (χ4v) is 2.64. The molecule has 0 aliphatic carbocycles. The van der Waals surface area contributed by atoms with Gasteiger partial charge in [0.05, 0.1) is 11.1 Å². The van der Waals surface area contributed by atoms with Gasteiger partial charge in [-0.05, 0) is 51.7 Å². The second kappa shape index (κ2) is 5.95. The molecule has 3 rings (SSSR count). The molecular weight excluding hydrogens is 337 g/mol. The van der Waals surface area contributed by atoms with Gasteiger partial charge in [-0.3, -0.25) is 4.79 Å². The Morgan fingerprint density at radius 1 is 1.29 bits per heavy atom. The van der Waals surface area contributed by atoms with Gasteiger partial charge in [0.2, 0.25) is 0 Å². The van der Waals surface area contributed by atoms with Crippen LogP contribution in [-0.2, 0) is 16.0 Å². The van der Waals surface area contributed by atoms with Crippen molar-refractivity contribution in [2.75, 3.05) is 11.9 Å². The largest absolute Gasteiger partial charge is 0.363 e. The number of anilines is 1. The third-order valence-corrected chi connectivity index (χ3v) is 4.06. The Kier molecular flexibility index (Phi) is 4.03. The van der Waals surface area contributed by atoms with Gasteiger partial charge in [0.15, 0.2) is 6.10 Å². The molecule has 1 atom stereocenters. The molecule has 0 saturated carbocycles. The number of carbonyl (C=O) groups is 1. The monoisotopic (exact) mass is 349 g/mol. The maximum absolute atomic E-state index is 13.5. The Bertz CT molecular complexity index is 690. The molecule has 1 aliphatic heterocycles. The predicted octanol–water partition coefficient (Wildman–Crippen LogP) is 3.84. The number of carbonyl (C=O) groups excluding carboxylic acids is 1. The number of nitrogens with one attached hydrogen (secondary N) is 1. The molecule has 1 heterocycles. The maximum atomic E-state index is 13.5. The number of hydrogen-bond acceptors (Lipinski definition) is 2. The molecule has 0 bridgehead atoms. The van der Waals surface area contributed by atoms with E-state index < -0.39 is 11.9 Å². The van der Waals surface area contributed by atoms with Crippen molar-refractivity contribution in [3.63, 3.8) is 0 Å². The summed E-state index contributed by atoms with van der Waals surface area (Å²) in [5, 5.41) is 2.70. The first-order chi connectivity index (χ1) is 10.1. The number of halogens is 2. The zero-order valence-corrected chi connectivity index (χ0v) is 12.7. The zero-order valence-electron chi connectivity index (χ0n) is 11.1. The highest BCUT2D eigenvalue weighted by Gasteiger charge is 2.27. The fourth-order valence-electron chi connectivity index (χ4n) is 2.39. The minimum absolute atomic E-state index is 0.288. The molecule has 108 valence electrons. The molecule has 5 heteroatoms. The molecule has 2 aromatic carbocycles. The molecule has 1 N–H and O–H groups in total. The van der Waals surface area contributed by atoms with Gasteiger partial charge in [0.25, 0.3) is 5.91 Å². The number of fused-ring (bicyclic) bond motifs is 1. The second-order valence-corrected chi connectivity index (χ2v) is 5.67. The molecule has 1 unspecified atom stereocenters. The highest BCUT2D eigenvalue weighted by Crippen LogP contribution is 2.28. The van der Waals surface area contributed by atoms with Gasteiger partial charge < -0.3 is 10.1 Å². The number of rotatable bonds is 2. The summed E-state index contributed by atoms with van der Waals surface area (Å²) in [5.74, 6) is -0.707. The van der Waals surface area contributed by atoms with Crippen LogP contribution in [0.5, 0.6) is 0 Å². The van der Waals surface area contributed by atoms with Gasteiger partial charge in [-0.15, -0.1) is 0 Å². The Morgan fingerprint density at radius 2 is 2.10 bits per heavy atom. The predicted molar refractivity (Wildman–Crippen MR) is 81.6 cm³/mol. The zero-order chi connectivity index (χ0) is 14.8. The number of benzene rings is 2. The van der Waals surface area contributed by atoms with Crippen LogP contribution in [0.4, 0.5) is 10.1 Å². The summed E-state index contributed by atoms with van der Waals surface area (Å²) in [7, 11) is 0. The molecule has 3 nitrogen and oxygen atoms in total. The van der Waals surface area contributed by atoms with Crippen molar-refractivity contribution in [3.05, 3.63) is 63.9 Å². The Morgan fingerprint density at radius 3 is 2.90 bits per heavy atom. The van der Waals surface area contributed by atoms with Gasteiger partial charge in [-0.25, -0.2) is 4.39 Å². The van der Waals surface area contributed by atoms with Gasteiger partial charge >= 0.3 is 0 Å². The van der Waals surface area contributed by atoms with E-state index in [4.69, 9.17) is 4.74 Å². The fraction of sp³-hybridized carbons (Fsp3) is 0.188. The SMILES string of the molecule is O=C(Nc1ccc(Br)c(F)c1)C1OCCc2ccccc21. The van der Waals surface area contributed by atoms with Gasteiger partial charge in [-0.2, -0.15) is 0 Å². The van der Waals surface area contributed by atoms with E-state index in [1.54, 1.807) is 12.1 Å². The van der Waals surface area contributed by atoms with E-state index in [0.29, 0.717) is 16.8 Å². The van der Waals surface area contributed by atoms with Crippen LogP contribution in [0.3, 0.4) is 0 Å². The molecule has 21 heavy (non-hydrogen) atoms. The molecule has 0 aromatic heterocycles. The Labute approximate surface area is 130 Å². The average Bonchev–Trinajstić information content (AvgIpc) is 2.50. The summed E-state index contributed by atoms with van der Waals surface area (Å²) in [5.41, 5.74) is 2.40. The van der Waals surface area contributed by atoms with Crippen molar-refractivity contribution < 1.29 is 13.9 Å². The van der Waals surface area contributed by atoms with E-state index in [0.717, 1.165) is 17.5 Å². The van der Waals surface area contributed by atoms with Gasteiger partial charge in [0, 0.05) is 5.69 Å². The van der Waals surface area contributed by atoms with E-state index in [1.165, 1.54) is 6.07 Å². The molecular formula is C16H13BrFNO2. The minimum Gasteiger partial charge on any atom is -0.363 e.